The predicted octanol–water partition coefficient (Wildman–Crippen LogP) is 1.28. The lowest BCUT2D eigenvalue weighted by Gasteiger charge is -2.35. The average Bonchev–Trinajstić information content (AvgIpc) is 3.26. The van der Waals surface area contributed by atoms with Crippen molar-refractivity contribution in [3.05, 3.63) is 52.2 Å². The van der Waals surface area contributed by atoms with Crippen LogP contribution in [0.15, 0.2) is 46.7 Å². The minimum atomic E-state index is -4.18. The molecule has 3 rings (SSSR count). The zero-order valence-electron chi connectivity index (χ0n) is 16.7. The van der Waals surface area contributed by atoms with Gasteiger partial charge in [-0.1, -0.05) is 23.8 Å². The molecule has 10 heteroatoms. The molecule has 0 saturated carbocycles. The molecule has 1 N–H and O–H groups in total. The molecule has 0 radical (unpaired) electrons. The molecule has 1 saturated heterocycles. The van der Waals surface area contributed by atoms with Gasteiger partial charge in [0.05, 0.1) is 9.77 Å². The van der Waals surface area contributed by atoms with Crippen LogP contribution in [0, 0.1) is 6.92 Å². The number of aryl methyl sites for hydroxylation is 1. The monoisotopic (exact) mass is 449 g/mol. The summed E-state index contributed by atoms with van der Waals surface area (Å²) in [7, 11) is -4.18. The van der Waals surface area contributed by atoms with Gasteiger partial charge in [-0.15, -0.1) is 11.3 Å². The van der Waals surface area contributed by atoms with E-state index in [1.807, 2.05) is 6.92 Å². The van der Waals surface area contributed by atoms with Crippen LogP contribution in [0.4, 0.5) is 0 Å². The van der Waals surface area contributed by atoms with Gasteiger partial charge in [-0.2, -0.15) is 0 Å². The van der Waals surface area contributed by atoms with Crippen LogP contribution in [-0.4, -0.2) is 67.5 Å². The van der Waals surface area contributed by atoms with Crippen LogP contribution in [0.5, 0.6) is 0 Å². The maximum absolute atomic E-state index is 13.3. The Labute approximate surface area is 179 Å². The van der Waals surface area contributed by atoms with Crippen LogP contribution in [0.1, 0.15) is 22.2 Å². The second-order valence-electron chi connectivity index (χ2n) is 7.02. The van der Waals surface area contributed by atoms with Gasteiger partial charge < -0.3 is 15.1 Å². The van der Waals surface area contributed by atoms with E-state index in [2.05, 4.69) is 5.32 Å². The molecule has 1 aromatic heterocycles. The van der Waals surface area contributed by atoms with Crippen molar-refractivity contribution in [1.82, 2.24) is 15.1 Å². The third-order valence-corrected chi connectivity index (χ3v) is 7.67. The minimum Gasteiger partial charge on any atom is -0.339 e. The molecule has 0 bridgehead atoms. The molecule has 2 heterocycles. The molecule has 160 valence electrons. The summed E-state index contributed by atoms with van der Waals surface area (Å²) in [5.74, 6) is -1.43. The van der Waals surface area contributed by atoms with Crippen molar-refractivity contribution in [2.75, 3.05) is 26.2 Å². The molecule has 3 amide bonds. The highest BCUT2D eigenvalue weighted by Gasteiger charge is 2.39. The summed E-state index contributed by atoms with van der Waals surface area (Å²) in [6.07, 6.45) is 0. The van der Waals surface area contributed by atoms with Crippen molar-refractivity contribution >= 4 is 38.9 Å². The fourth-order valence-corrected chi connectivity index (χ4v) is 5.23. The van der Waals surface area contributed by atoms with Crippen molar-refractivity contribution in [1.29, 1.82) is 0 Å². The molecule has 0 spiro atoms. The van der Waals surface area contributed by atoms with Gasteiger partial charge in [-0.3, -0.25) is 14.4 Å². The number of carbonyl (C=O) groups excluding carboxylic acids is 3. The molecule has 1 aromatic carbocycles. The molecule has 0 unspecified atom stereocenters. The summed E-state index contributed by atoms with van der Waals surface area (Å²) in [4.78, 5) is 40.6. The lowest BCUT2D eigenvalue weighted by molar-refractivity contribution is -0.138. The Bertz CT molecular complexity index is 1020. The van der Waals surface area contributed by atoms with Crippen LogP contribution in [0.3, 0.4) is 0 Å². The Hall–Kier alpha value is -2.72. The third-order valence-electron chi connectivity index (χ3n) is 4.93. The summed E-state index contributed by atoms with van der Waals surface area (Å²) >= 11 is 1.16. The number of hydrogen-bond acceptors (Lipinski definition) is 6. The van der Waals surface area contributed by atoms with Crippen molar-refractivity contribution in [3.8, 4) is 0 Å². The van der Waals surface area contributed by atoms with Crippen LogP contribution in [-0.2, 0) is 19.4 Å². The van der Waals surface area contributed by atoms with Gasteiger partial charge in [0, 0.05) is 33.1 Å². The van der Waals surface area contributed by atoms with E-state index in [0.29, 0.717) is 18.0 Å². The zero-order chi connectivity index (χ0) is 21.9. The standard InChI is InChI=1S/C20H23N3O5S2/c1-14-5-7-16(8-6-14)30(27,28)19(21-18(25)17-4-3-13-29-17)20(26)23-11-9-22(10-12-23)15(2)24/h3-8,13,19H,9-12H2,1-2H3,(H,21,25)/t19-/m0/s1. The van der Waals surface area contributed by atoms with Crippen LogP contribution >= 0.6 is 11.3 Å². The number of hydrogen-bond donors (Lipinski definition) is 1. The largest absolute Gasteiger partial charge is 0.339 e. The first-order valence-corrected chi connectivity index (χ1v) is 11.8. The molecule has 1 atom stereocenters. The Morgan fingerprint density at radius 1 is 1.00 bits per heavy atom. The topological polar surface area (TPSA) is 104 Å². The van der Waals surface area contributed by atoms with Gasteiger partial charge in [-0.05, 0) is 30.5 Å². The molecule has 1 aliphatic rings. The average molecular weight is 450 g/mol. The molecule has 30 heavy (non-hydrogen) atoms. The highest BCUT2D eigenvalue weighted by Crippen LogP contribution is 2.19. The number of amides is 3. The molecular weight excluding hydrogens is 426 g/mol. The maximum Gasteiger partial charge on any atom is 0.262 e. The quantitative estimate of drug-likeness (QED) is 0.741. The molecule has 1 aliphatic heterocycles. The van der Waals surface area contributed by atoms with Gasteiger partial charge in [0.2, 0.25) is 21.1 Å². The van der Waals surface area contributed by atoms with Crippen LogP contribution in [0.2, 0.25) is 0 Å². The smallest absolute Gasteiger partial charge is 0.262 e. The highest BCUT2D eigenvalue weighted by molar-refractivity contribution is 7.92. The third kappa shape index (κ3) is 4.71. The number of piperazine rings is 1. The van der Waals surface area contributed by atoms with E-state index < -0.39 is 27.0 Å². The Morgan fingerprint density at radius 2 is 1.60 bits per heavy atom. The molecule has 8 nitrogen and oxygen atoms in total. The number of nitrogens with one attached hydrogen (secondary N) is 1. The number of rotatable bonds is 5. The van der Waals surface area contributed by atoms with Gasteiger partial charge >= 0.3 is 0 Å². The van der Waals surface area contributed by atoms with E-state index in [9.17, 15) is 22.8 Å². The number of thiophene rings is 1. The second kappa shape index (κ2) is 8.97. The summed E-state index contributed by atoms with van der Waals surface area (Å²) in [5, 5.41) is 2.36. The molecule has 1 fully saturated rings. The van der Waals surface area contributed by atoms with Crippen molar-refractivity contribution in [2.45, 2.75) is 24.1 Å². The molecule has 2 aromatic rings. The molecular formula is C20H23N3O5S2. The highest BCUT2D eigenvalue weighted by atomic mass is 32.2. The number of carbonyl (C=O) groups is 3. The summed E-state index contributed by atoms with van der Waals surface area (Å²) in [6.45, 7) is 4.31. The normalized spacial score (nSPS) is 15.5. The number of benzene rings is 1. The van der Waals surface area contributed by atoms with E-state index >= 15 is 0 Å². The van der Waals surface area contributed by atoms with Gasteiger partial charge in [-0.25, -0.2) is 8.42 Å². The van der Waals surface area contributed by atoms with E-state index in [1.54, 1.807) is 34.5 Å². The fraction of sp³-hybridized carbons (Fsp3) is 0.350. The maximum atomic E-state index is 13.3. The van der Waals surface area contributed by atoms with Crippen molar-refractivity contribution in [2.24, 2.45) is 0 Å². The van der Waals surface area contributed by atoms with E-state index in [1.165, 1.54) is 24.0 Å². The van der Waals surface area contributed by atoms with E-state index in [-0.39, 0.29) is 23.9 Å². The van der Waals surface area contributed by atoms with Gasteiger partial charge in [0.1, 0.15) is 0 Å². The van der Waals surface area contributed by atoms with Gasteiger partial charge in [0.25, 0.3) is 11.8 Å². The first kappa shape index (κ1) is 22.0. The van der Waals surface area contributed by atoms with Gasteiger partial charge in [0.15, 0.2) is 0 Å². The molecule has 0 aliphatic carbocycles. The van der Waals surface area contributed by atoms with Crippen molar-refractivity contribution in [3.63, 3.8) is 0 Å². The number of nitrogens with zero attached hydrogens (tertiary/aromatic N) is 2. The Morgan fingerprint density at radius 3 is 2.13 bits per heavy atom. The van der Waals surface area contributed by atoms with Crippen molar-refractivity contribution < 1.29 is 22.8 Å². The first-order valence-electron chi connectivity index (χ1n) is 9.39. The summed E-state index contributed by atoms with van der Waals surface area (Å²) in [6, 6.07) is 9.37. The first-order chi connectivity index (χ1) is 14.2. The summed E-state index contributed by atoms with van der Waals surface area (Å²) in [5.41, 5.74) is 0.875. The lowest BCUT2D eigenvalue weighted by Crippen LogP contribution is -2.57. The summed E-state index contributed by atoms with van der Waals surface area (Å²) < 4.78 is 26.6. The zero-order valence-corrected chi connectivity index (χ0v) is 18.3. The minimum absolute atomic E-state index is 0.0414. The number of sulfone groups is 1. The van der Waals surface area contributed by atoms with Crippen LogP contribution in [0.25, 0.3) is 0 Å². The SMILES string of the molecule is CC(=O)N1CCN(C(=O)[C@@H](NC(=O)c2cccs2)S(=O)(=O)c2ccc(C)cc2)CC1. The predicted molar refractivity (Wildman–Crippen MR) is 113 cm³/mol. The van der Waals surface area contributed by atoms with E-state index in [4.69, 9.17) is 0 Å². The van der Waals surface area contributed by atoms with Crippen LogP contribution < -0.4 is 5.32 Å². The fourth-order valence-electron chi connectivity index (χ4n) is 3.14. The Kier molecular flexibility index (Phi) is 6.57. The Balaban J connectivity index is 1.89. The second-order valence-corrected chi connectivity index (χ2v) is 10.0. The lowest BCUT2D eigenvalue weighted by atomic mass is 10.2. The van der Waals surface area contributed by atoms with E-state index in [0.717, 1.165) is 16.9 Å².